The number of hydrogen-bond acceptors (Lipinski definition) is 1. The van der Waals surface area contributed by atoms with Crippen LogP contribution in [0.15, 0.2) is 11.8 Å². The molecule has 1 aliphatic carbocycles. The Morgan fingerprint density at radius 3 is 1.16 bits per heavy atom. The molecule has 0 amide bonds. The Balaban J connectivity index is -0.0000000796. The van der Waals surface area contributed by atoms with Gasteiger partial charge >= 0.3 is 0 Å². The first-order chi connectivity index (χ1) is 8.64. The molecule has 0 atom stereocenters. The summed E-state index contributed by atoms with van der Waals surface area (Å²) in [6, 6.07) is 0. The van der Waals surface area contributed by atoms with Gasteiger partial charge in [-0.1, -0.05) is 80.1 Å². The summed E-state index contributed by atoms with van der Waals surface area (Å²) in [7, 11) is 0. The Morgan fingerprint density at radius 2 is 1.11 bits per heavy atom. The third-order valence-corrected chi connectivity index (χ3v) is 2.52. The van der Waals surface area contributed by atoms with Gasteiger partial charge in [0.05, 0.1) is 5.76 Å². The van der Waals surface area contributed by atoms with Crippen molar-refractivity contribution in [3.63, 3.8) is 0 Å². The molecule has 116 valence electrons. The van der Waals surface area contributed by atoms with E-state index in [1.807, 2.05) is 6.08 Å². The van der Waals surface area contributed by atoms with Crippen molar-refractivity contribution in [2.75, 3.05) is 0 Å². The molecule has 0 spiro atoms. The molecule has 0 aliphatic heterocycles. The third kappa shape index (κ3) is 45.8. The van der Waals surface area contributed by atoms with Crippen molar-refractivity contribution in [2.24, 2.45) is 0 Å². The van der Waals surface area contributed by atoms with Gasteiger partial charge in [0.1, 0.15) is 0 Å². The average molecular weight is 377 g/mol. The second kappa shape index (κ2) is 31.0. The van der Waals surface area contributed by atoms with Crippen molar-refractivity contribution >= 4 is 23.9 Å². The maximum Gasteiger partial charge on any atom is 0.0882 e. The first-order valence-corrected chi connectivity index (χ1v) is 8.02. The van der Waals surface area contributed by atoms with Crippen LogP contribution in [-0.4, -0.2) is 29.0 Å². The van der Waals surface area contributed by atoms with Crippen LogP contribution in [0, 0.1) is 0 Å². The fourth-order valence-electron chi connectivity index (χ4n) is 0.654. The molecule has 1 aliphatic rings. The van der Waals surface area contributed by atoms with Gasteiger partial charge < -0.3 is 5.11 Å². The van der Waals surface area contributed by atoms with Crippen LogP contribution in [0.1, 0.15) is 99.3 Å². The number of aliphatic hydroxyl groups excluding tert-OH is 1. The number of rotatable bonds is 3. The molecule has 0 unspecified atom stereocenters. The van der Waals surface area contributed by atoms with Crippen molar-refractivity contribution in [3.05, 3.63) is 11.8 Å². The van der Waals surface area contributed by atoms with Crippen LogP contribution < -0.4 is 0 Å². The first-order valence-electron chi connectivity index (χ1n) is 8.02. The minimum atomic E-state index is 0. The molecular weight excluding hydrogens is 339 g/mol. The van der Waals surface area contributed by atoms with Crippen LogP contribution in [0.25, 0.3) is 0 Å². The van der Waals surface area contributed by atoms with Crippen molar-refractivity contribution < 1.29 is 5.11 Å². The molecule has 0 heterocycles. The van der Waals surface area contributed by atoms with Crippen LogP contribution in [0.3, 0.4) is 0 Å². The molecule has 1 rings (SSSR count). The second-order valence-corrected chi connectivity index (χ2v) is 4.59. The summed E-state index contributed by atoms with van der Waals surface area (Å²) in [5, 5.41) is 8.59. The van der Waals surface area contributed by atoms with E-state index in [4.69, 9.17) is 5.11 Å². The van der Waals surface area contributed by atoms with E-state index in [0.29, 0.717) is 5.76 Å². The third-order valence-electron chi connectivity index (χ3n) is 2.52. The molecule has 0 aromatic rings. The molecule has 0 saturated heterocycles. The molecule has 0 aromatic heterocycles. The Hall–Kier alpha value is 0.339. The van der Waals surface area contributed by atoms with Gasteiger partial charge in [-0.3, -0.25) is 0 Å². The zero-order valence-electron chi connectivity index (χ0n) is 14.4. The smallest absolute Gasteiger partial charge is 0.0882 e. The SMILES string of the molecule is CCCC.CCCC.CCCC.OC1=CCCC1.[Sn]. The standard InChI is InChI=1S/C5H8O.3C4H10.Sn/c6-5-3-1-2-4-5;3*1-3-4-2;/h3,6H,1-2,4H2;3*3-4H2,1-2H3;. The molecule has 0 bridgehead atoms. The van der Waals surface area contributed by atoms with Crippen LogP contribution >= 0.6 is 0 Å². The van der Waals surface area contributed by atoms with Crippen LogP contribution in [0.4, 0.5) is 0 Å². The normalized spacial score (nSPS) is 11.4. The summed E-state index contributed by atoms with van der Waals surface area (Å²) in [6.45, 7) is 13.1. The molecule has 0 fully saturated rings. The van der Waals surface area contributed by atoms with E-state index in [-0.39, 0.29) is 23.9 Å². The quantitative estimate of drug-likeness (QED) is 0.546. The summed E-state index contributed by atoms with van der Waals surface area (Å²) in [5.41, 5.74) is 0. The molecular formula is C17H38OSn. The molecule has 0 aromatic carbocycles. The predicted octanol–water partition coefficient (Wildman–Crippen LogP) is 6.65. The van der Waals surface area contributed by atoms with E-state index in [9.17, 15) is 0 Å². The Bertz CT molecular complexity index is 129. The predicted molar refractivity (Wildman–Crippen MR) is 92.1 cm³/mol. The van der Waals surface area contributed by atoms with Gasteiger partial charge in [-0.25, -0.2) is 0 Å². The number of aliphatic hydroxyl groups is 1. The maximum absolute atomic E-state index is 8.59. The van der Waals surface area contributed by atoms with Crippen LogP contribution in [0.2, 0.25) is 0 Å². The molecule has 0 saturated carbocycles. The Morgan fingerprint density at radius 1 is 0.789 bits per heavy atom. The van der Waals surface area contributed by atoms with Crippen molar-refractivity contribution in [3.8, 4) is 0 Å². The van der Waals surface area contributed by atoms with Crippen molar-refractivity contribution in [2.45, 2.75) is 99.3 Å². The van der Waals surface area contributed by atoms with Gasteiger partial charge in [0, 0.05) is 30.3 Å². The molecule has 4 radical (unpaired) electrons. The number of hydrogen-bond donors (Lipinski definition) is 1. The van der Waals surface area contributed by atoms with Gasteiger partial charge in [-0.2, -0.15) is 0 Å². The van der Waals surface area contributed by atoms with Crippen molar-refractivity contribution in [1.82, 2.24) is 0 Å². The van der Waals surface area contributed by atoms with E-state index in [0.717, 1.165) is 19.3 Å². The fraction of sp³-hybridized carbons (Fsp3) is 0.882. The van der Waals surface area contributed by atoms with Crippen molar-refractivity contribution in [1.29, 1.82) is 0 Å². The van der Waals surface area contributed by atoms with Gasteiger partial charge in [0.15, 0.2) is 0 Å². The zero-order chi connectivity index (χ0) is 14.6. The molecule has 19 heavy (non-hydrogen) atoms. The van der Waals surface area contributed by atoms with E-state index in [1.54, 1.807) is 0 Å². The second-order valence-electron chi connectivity index (χ2n) is 4.59. The van der Waals surface area contributed by atoms with Gasteiger partial charge in [0.25, 0.3) is 0 Å². The van der Waals surface area contributed by atoms with Crippen LogP contribution in [-0.2, 0) is 0 Å². The van der Waals surface area contributed by atoms with Gasteiger partial charge in [0.2, 0.25) is 0 Å². The molecule has 2 heteroatoms. The van der Waals surface area contributed by atoms with Crippen LogP contribution in [0.5, 0.6) is 0 Å². The molecule has 1 nitrogen and oxygen atoms in total. The Labute approximate surface area is 140 Å². The van der Waals surface area contributed by atoms with Gasteiger partial charge in [-0.05, 0) is 18.9 Å². The number of unbranched alkanes of at least 4 members (excludes halogenated alkanes) is 3. The van der Waals surface area contributed by atoms with E-state index < -0.39 is 0 Å². The van der Waals surface area contributed by atoms with Gasteiger partial charge in [-0.15, -0.1) is 0 Å². The van der Waals surface area contributed by atoms with E-state index in [2.05, 4.69) is 41.5 Å². The molecule has 1 N–H and O–H groups in total. The summed E-state index contributed by atoms with van der Waals surface area (Å²) >= 11 is 0. The summed E-state index contributed by atoms with van der Waals surface area (Å²) in [5.74, 6) is 0.579. The monoisotopic (exact) mass is 378 g/mol. The average Bonchev–Trinajstić information content (AvgIpc) is 2.90. The number of allylic oxidation sites excluding steroid dienone is 2. The summed E-state index contributed by atoms with van der Waals surface area (Å²) in [6.07, 6.45) is 12.9. The largest absolute Gasteiger partial charge is 0.513 e. The maximum atomic E-state index is 8.59. The minimum absolute atomic E-state index is 0. The van der Waals surface area contributed by atoms with E-state index in [1.165, 1.54) is 38.5 Å². The Kier molecular flexibility index (Phi) is 45.1. The summed E-state index contributed by atoms with van der Waals surface area (Å²) in [4.78, 5) is 0. The first kappa shape index (κ1) is 27.6. The fourth-order valence-corrected chi connectivity index (χ4v) is 0.654. The minimum Gasteiger partial charge on any atom is -0.513 e. The zero-order valence-corrected chi connectivity index (χ0v) is 17.2. The van der Waals surface area contributed by atoms with E-state index >= 15 is 0 Å². The topological polar surface area (TPSA) is 20.2 Å². The summed E-state index contributed by atoms with van der Waals surface area (Å²) < 4.78 is 0.